The second kappa shape index (κ2) is 6.29. The molecule has 0 bridgehead atoms. The zero-order valence-corrected chi connectivity index (χ0v) is 10.8. The van der Waals surface area contributed by atoms with Gasteiger partial charge in [0.25, 0.3) is 0 Å². The lowest BCUT2D eigenvalue weighted by molar-refractivity contribution is 0.171. The van der Waals surface area contributed by atoms with Crippen molar-refractivity contribution in [1.82, 2.24) is 10.6 Å². The van der Waals surface area contributed by atoms with Crippen LogP contribution in [0.2, 0.25) is 0 Å². The lowest BCUT2D eigenvalue weighted by Gasteiger charge is -2.21. The first-order valence-electron chi connectivity index (χ1n) is 6.25. The number of rotatable bonds is 4. The highest BCUT2D eigenvalue weighted by atomic mass is 16.6. The van der Waals surface area contributed by atoms with Gasteiger partial charge >= 0.3 is 6.03 Å². The van der Waals surface area contributed by atoms with Crippen LogP contribution < -0.4 is 20.1 Å². The van der Waals surface area contributed by atoms with Crippen molar-refractivity contribution in [3.8, 4) is 11.5 Å². The number of hydrogen-bond acceptors (Lipinski definition) is 4. The van der Waals surface area contributed by atoms with E-state index in [9.17, 15) is 4.79 Å². The predicted octanol–water partition coefficient (Wildman–Crippen LogP) is 0.810. The van der Waals surface area contributed by atoms with Crippen LogP contribution in [0, 0.1) is 0 Å². The number of fused-ring (bicyclic) bond motifs is 1. The lowest BCUT2D eigenvalue weighted by atomic mass is 10.1. The van der Waals surface area contributed by atoms with Gasteiger partial charge in [0.15, 0.2) is 11.5 Å². The average molecular weight is 266 g/mol. The quantitative estimate of drug-likeness (QED) is 0.753. The Morgan fingerprint density at radius 2 is 2.11 bits per heavy atom. The molecule has 0 saturated heterocycles. The minimum Gasteiger partial charge on any atom is -0.486 e. The highest BCUT2D eigenvalue weighted by Crippen LogP contribution is 2.32. The van der Waals surface area contributed by atoms with E-state index in [0.29, 0.717) is 19.0 Å². The van der Waals surface area contributed by atoms with Gasteiger partial charge in [0, 0.05) is 6.54 Å². The Balaban J connectivity index is 1.99. The molecule has 104 valence electrons. The Morgan fingerprint density at radius 3 is 2.84 bits per heavy atom. The van der Waals surface area contributed by atoms with E-state index >= 15 is 0 Å². The molecule has 6 heteroatoms. The molecular weight excluding hydrogens is 248 g/mol. The van der Waals surface area contributed by atoms with Gasteiger partial charge in [0.05, 0.1) is 12.6 Å². The van der Waals surface area contributed by atoms with Crippen molar-refractivity contribution in [2.45, 2.75) is 13.0 Å². The average Bonchev–Trinajstić information content (AvgIpc) is 2.44. The summed E-state index contributed by atoms with van der Waals surface area (Å²) >= 11 is 0. The zero-order chi connectivity index (χ0) is 13.7. The van der Waals surface area contributed by atoms with Crippen LogP contribution in [0.1, 0.15) is 18.5 Å². The van der Waals surface area contributed by atoms with Crippen LogP contribution in [-0.4, -0.2) is 37.5 Å². The number of carbonyl (C=O) groups excluding carboxylic acids is 1. The van der Waals surface area contributed by atoms with Crippen molar-refractivity contribution in [2.75, 3.05) is 26.4 Å². The molecule has 0 spiro atoms. The minimum absolute atomic E-state index is 0.0776. The maximum absolute atomic E-state index is 11.5. The predicted molar refractivity (Wildman–Crippen MR) is 69.5 cm³/mol. The molecule has 1 atom stereocenters. The third-order valence-corrected chi connectivity index (χ3v) is 2.81. The first kappa shape index (κ1) is 13.5. The zero-order valence-electron chi connectivity index (χ0n) is 10.8. The lowest BCUT2D eigenvalue weighted by Crippen LogP contribution is -2.38. The van der Waals surface area contributed by atoms with E-state index in [0.717, 1.165) is 11.3 Å². The van der Waals surface area contributed by atoms with E-state index in [1.807, 2.05) is 25.1 Å². The summed E-state index contributed by atoms with van der Waals surface area (Å²) in [6.07, 6.45) is 0. The molecule has 1 aliphatic heterocycles. The Bertz CT molecular complexity index is 450. The Kier molecular flexibility index (Phi) is 4.46. The fourth-order valence-electron chi connectivity index (χ4n) is 1.83. The van der Waals surface area contributed by atoms with E-state index in [-0.39, 0.29) is 25.2 Å². The summed E-state index contributed by atoms with van der Waals surface area (Å²) in [5.41, 5.74) is 0.934. The SMILES string of the molecule is CC(NC(=O)NCCO)c1ccc2c(c1)OCCO2. The van der Waals surface area contributed by atoms with Gasteiger partial charge in [0.1, 0.15) is 13.2 Å². The Morgan fingerprint density at radius 1 is 1.37 bits per heavy atom. The Hall–Kier alpha value is -1.95. The molecule has 2 rings (SSSR count). The van der Waals surface area contributed by atoms with E-state index < -0.39 is 0 Å². The molecule has 1 heterocycles. The van der Waals surface area contributed by atoms with E-state index in [1.54, 1.807) is 0 Å². The Labute approximate surface area is 111 Å². The molecule has 19 heavy (non-hydrogen) atoms. The molecule has 1 aromatic rings. The number of amides is 2. The van der Waals surface area contributed by atoms with Crippen LogP contribution in [0.15, 0.2) is 18.2 Å². The number of aliphatic hydroxyl groups excluding tert-OH is 1. The summed E-state index contributed by atoms with van der Waals surface area (Å²) in [5, 5.41) is 13.9. The van der Waals surface area contributed by atoms with Crippen molar-refractivity contribution in [3.63, 3.8) is 0 Å². The van der Waals surface area contributed by atoms with E-state index in [2.05, 4.69) is 10.6 Å². The van der Waals surface area contributed by atoms with Gasteiger partial charge in [-0.25, -0.2) is 4.79 Å². The van der Waals surface area contributed by atoms with Crippen LogP contribution in [0.5, 0.6) is 11.5 Å². The maximum Gasteiger partial charge on any atom is 0.315 e. The van der Waals surface area contributed by atoms with Crippen molar-refractivity contribution in [3.05, 3.63) is 23.8 Å². The number of hydrogen-bond donors (Lipinski definition) is 3. The summed E-state index contributed by atoms with van der Waals surface area (Å²) in [7, 11) is 0. The first-order chi connectivity index (χ1) is 9.20. The molecular formula is C13H18N2O4. The fourth-order valence-corrected chi connectivity index (χ4v) is 1.83. The number of benzene rings is 1. The van der Waals surface area contributed by atoms with E-state index in [4.69, 9.17) is 14.6 Å². The van der Waals surface area contributed by atoms with Crippen molar-refractivity contribution in [1.29, 1.82) is 0 Å². The van der Waals surface area contributed by atoms with Crippen molar-refractivity contribution < 1.29 is 19.4 Å². The van der Waals surface area contributed by atoms with Crippen LogP contribution in [0.3, 0.4) is 0 Å². The molecule has 6 nitrogen and oxygen atoms in total. The van der Waals surface area contributed by atoms with Crippen LogP contribution in [-0.2, 0) is 0 Å². The molecule has 1 unspecified atom stereocenters. The van der Waals surface area contributed by atoms with Gasteiger partial charge in [-0.2, -0.15) is 0 Å². The molecule has 0 aromatic heterocycles. The first-order valence-corrected chi connectivity index (χ1v) is 6.25. The number of aliphatic hydroxyl groups is 1. The number of urea groups is 1. The summed E-state index contributed by atoms with van der Waals surface area (Å²) in [4.78, 5) is 11.5. The van der Waals surface area contributed by atoms with Gasteiger partial charge in [-0.15, -0.1) is 0 Å². The normalized spacial score (nSPS) is 14.6. The molecule has 0 aliphatic carbocycles. The summed E-state index contributed by atoms with van der Waals surface area (Å²) in [6, 6.07) is 5.13. The van der Waals surface area contributed by atoms with Crippen molar-refractivity contribution >= 4 is 6.03 Å². The standard InChI is InChI=1S/C13H18N2O4/c1-9(15-13(17)14-4-5-16)10-2-3-11-12(8-10)19-7-6-18-11/h2-3,8-9,16H,4-7H2,1H3,(H2,14,15,17). The van der Waals surface area contributed by atoms with Gasteiger partial charge in [-0.1, -0.05) is 6.07 Å². The van der Waals surface area contributed by atoms with Crippen LogP contribution >= 0.6 is 0 Å². The largest absolute Gasteiger partial charge is 0.486 e. The number of carbonyl (C=O) groups is 1. The minimum atomic E-state index is -0.309. The monoisotopic (exact) mass is 266 g/mol. The van der Waals surface area contributed by atoms with E-state index in [1.165, 1.54) is 0 Å². The number of ether oxygens (including phenoxy) is 2. The van der Waals surface area contributed by atoms with Crippen molar-refractivity contribution in [2.24, 2.45) is 0 Å². The van der Waals surface area contributed by atoms with Gasteiger partial charge in [-0.05, 0) is 24.6 Å². The molecule has 2 amide bonds. The molecule has 1 aliphatic rings. The summed E-state index contributed by atoms with van der Waals surface area (Å²) in [5.74, 6) is 1.43. The van der Waals surface area contributed by atoms with Crippen LogP contribution in [0.4, 0.5) is 4.79 Å². The maximum atomic E-state index is 11.5. The second-order valence-corrected chi connectivity index (χ2v) is 4.25. The molecule has 1 aromatic carbocycles. The summed E-state index contributed by atoms with van der Waals surface area (Å²) < 4.78 is 10.9. The number of nitrogens with one attached hydrogen (secondary N) is 2. The second-order valence-electron chi connectivity index (χ2n) is 4.25. The van der Waals surface area contributed by atoms with Gasteiger partial charge < -0.3 is 25.2 Å². The third-order valence-electron chi connectivity index (χ3n) is 2.81. The molecule has 0 radical (unpaired) electrons. The highest BCUT2D eigenvalue weighted by molar-refractivity contribution is 5.74. The van der Waals surface area contributed by atoms with Crippen LogP contribution in [0.25, 0.3) is 0 Å². The van der Waals surface area contributed by atoms with Gasteiger partial charge in [-0.3, -0.25) is 0 Å². The summed E-state index contributed by atoms with van der Waals surface area (Å²) in [6.45, 7) is 3.13. The smallest absolute Gasteiger partial charge is 0.315 e. The molecule has 0 saturated carbocycles. The third kappa shape index (κ3) is 3.51. The molecule has 3 N–H and O–H groups in total. The topological polar surface area (TPSA) is 79.8 Å². The molecule has 0 fully saturated rings. The van der Waals surface area contributed by atoms with Gasteiger partial charge in [0.2, 0.25) is 0 Å². The highest BCUT2D eigenvalue weighted by Gasteiger charge is 2.15. The fraction of sp³-hybridized carbons (Fsp3) is 0.462.